The highest BCUT2D eigenvalue weighted by molar-refractivity contribution is 6.07. The predicted molar refractivity (Wildman–Crippen MR) is 89.2 cm³/mol. The fourth-order valence-electron chi connectivity index (χ4n) is 2.57. The Morgan fingerprint density at radius 2 is 1.88 bits per heavy atom. The van der Waals surface area contributed by atoms with Crippen LogP contribution in [0.15, 0.2) is 12.1 Å². The molecule has 0 spiro atoms. The molecule has 0 aromatic heterocycles. The molecular formula is C18H23NO6. The van der Waals surface area contributed by atoms with Crippen LogP contribution in [0, 0.1) is 0 Å². The number of carbonyl (C=O) groups excluding carboxylic acids is 3. The minimum atomic E-state index is -0.636. The first kappa shape index (κ1) is 18.8. The lowest BCUT2D eigenvalue weighted by Crippen LogP contribution is -2.33. The molecule has 1 aromatic rings. The first-order chi connectivity index (χ1) is 11.6. The first-order valence-corrected chi connectivity index (χ1v) is 8.13. The minimum absolute atomic E-state index is 0.0536. The van der Waals surface area contributed by atoms with Crippen LogP contribution in [0.5, 0.6) is 5.75 Å². The summed E-state index contributed by atoms with van der Waals surface area (Å²) in [6.45, 7) is 7.61. The molecule has 136 valence electrons. The molecule has 0 saturated heterocycles. The molecule has 1 amide bonds. The van der Waals surface area contributed by atoms with Gasteiger partial charge in [0.2, 0.25) is 0 Å². The third kappa shape index (κ3) is 4.49. The van der Waals surface area contributed by atoms with Gasteiger partial charge in [0.15, 0.2) is 5.78 Å². The molecule has 1 aromatic carbocycles. The monoisotopic (exact) mass is 349 g/mol. The van der Waals surface area contributed by atoms with Crippen molar-refractivity contribution in [2.24, 2.45) is 0 Å². The van der Waals surface area contributed by atoms with Crippen LogP contribution in [-0.4, -0.2) is 40.1 Å². The quantitative estimate of drug-likeness (QED) is 0.510. The number of benzene rings is 1. The van der Waals surface area contributed by atoms with Crippen LogP contribution in [0.1, 0.15) is 55.6 Å². The van der Waals surface area contributed by atoms with E-state index in [9.17, 15) is 19.5 Å². The average molecular weight is 349 g/mol. The highest BCUT2D eigenvalue weighted by Gasteiger charge is 2.31. The van der Waals surface area contributed by atoms with Crippen molar-refractivity contribution in [3.63, 3.8) is 0 Å². The number of aromatic hydroxyl groups is 1. The van der Waals surface area contributed by atoms with E-state index >= 15 is 0 Å². The van der Waals surface area contributed by atoms with Gasteiger partial charge in [-0.15, -0.1) is 0 Å². The van der Waals surface area contributed by atoms with Crippen molar-refractivity contribution >= 4 is 17.8 Å². The Bertz CT molecular complexity index is 704. The number of nitrogens with zero attached hydrogens (tertiary/aromatic N) is 1. The zero-order valence-corrected chi connectivity index (χ0v) is 14.9. The number of ketones is 1. The summed E-state index contributed by atoms with van der Waals surface area (Å²) < 4.78 is 10.1. The average Bonchev–Trinajstić information content (AvgIpc) is 2.91. The number of amides is 1. The van der Waals surface area contributed by atoms with Crippen LogP contribution in [0.25, 0.3) is 0 Å². The minimum Gasteiger partial charge on any atom is -0.507 e. The van der Waals surface area contributed by atoms with Gasteiger partial charge in [0.25, 0.3) is 0 Å². The molecule has 0 atom stereocenters. The lowest BCUT2D eigenvalue weighted by Gasteiger charge is -2.24. The molecule has 1 aliphatic rings. The molecule has 7 heteroatoms. The topological polar surface area (TPSA) is 93.1 Å². The molecular weight excluding hydrogens is 326 g/mol. The van der Waals surface area contributed by atoms with E-state index in [2.05, 4.69) is 0 Å². The zero-order valence-electron chi connectivity index (χ0n) is 14.9. The van der Waals surface area contributed by atoms with Gasteiger partial charge in [0, 0.05) is 12.1 Å². The van der Waals surface area contributed by atoms with E-state index < -0.39 is 29.9 Å². The number of rotatable bonds is 4. The summed E-state index contributed by atoms with van der Waals surface area (Å²) in [6, 6.07) is 3.14. The maximum atomic E-state index is 12.2. The molecule has 0 saturated carbocycles. The van der Waals surface area contributed by atoms with Gasteiger partial charge < -0.3 is 14.6 Å². The van der Waals surface area contributed by atoms with Crippen molar-refractivity contribution in [3.05, 3.63) is 28.8 Å². The molecule has 0 bridgehead atoms. The molecule has 7 nitrogen and oxygen atoms in total. The Balaban J connectivity index is 2.15. The maximum absolute atomic E-state index is 12.2. The van der Waals surface area contributed by atoms with Gasteiger partial charge in [-0.3, -0.25) is 14.5 Å². The summed E-state index contributed by atoms with van der Waals surface area (Å²) in [7, 11) is 0. The van der Waals surface area contributed by atoms with Crippen molar-refractivity contribution < 1.29 is 29.0 Å². The second-order valence-corrected chi connectivity index (χ2v) is 6.84. The third-order valence-electron chi connectivity index (χ3n) is 3.65. The lowest BCUT2D eigenvalue weighted by atomic mass is 10.0. The molecule has 1 aliphatic heterocycles. The zero-order chi connectivity index (χ0) is 18.8. The molecule has 2 rings (SSSR count). The molecule has 1 heterocycles. The Labute approximate surface area is 146 Å². The number of Topliss-reactive ketones (excluding diaryl/α,β-unsaturated/α-hetero) is 1. The van der Waals surface area contributed by atoms with Crippen LogP contribution in [-0.2, 0) is 27.4 Å². The molecule has 1 N–H and O–H groups in total. The number of ether oxygens (including phenoxy) is 2. The van der Waals surface area contributed by atoms with E-state index in [1.165, 1.54) is 11.0 Å². The highest BCUT2D eigenvalue weighted by atomic mass is 16.6. The van der Waals surface area contributed by atoms with Gasteiger partial charge >= 0.3 is 12.1 Å². The van der Waals surface area contributed by atoms with Gasteiger partial charge in [-0.05, 0) is 39.3 Å². The number of hydrogen-bond acceptors (Lipinski definition) is 6. The standard InChI is InChI=1S/C18H23NO6/c1-5-24-15(21)8-14(20)12-7-6-11-9-19(10-13(11)16(12)22)17(23)25-18(2,3)4/h6-7,22H,5,8-10H2,1-4H3. The normalized spacial score (nSPS) is 13.4. The summed E-state index contributed by atoms with van der Waals surface area (Å²) in [6.07, 6.45) is -0.918. The SMILES string of the molecule is CCOC(=O)CC(=O)c1ccc2c(c1O)CN(C(=O)OC(C)(C)C)C2. The van der Waals surface area contributed by atoms with Crippen LogP contribution < -0.4 is 0 Å². The van der Waals surface area contributed by atoms with Crippen LogP contribution in [0.4, 0.5) is 4.79 Å². The Kier molecular flexibility index (Phi) is 5.35. The molecule has 0 radical (unpaired) electrons. The first-order valence-electron chi connectivity index (χ1n) is 8.13. The number of hydrogen-bond donors (Lipinski definition) is 1. The van der Waals surface area contributed by atoms with Gasteiger partial charge in [-0.25, -0.2) is 4.79 Å². The van der Waals surface area contributed by atoms with E-state index in [-0.39, 0.29) is 24.5 Å². The van der Waals surface area contributed by atoms with Crippen LogP contribution in [0.3, 0.4) is 0 Å². The van der Waals surface area contributed by atoms with Gasteiger partial charge in [0.1, 0.15) is 17.8 Å². The summed E-state index contributed by atoms with van der Waals surface area (Å²) in [5, 5.41) is 10.4. The van der Waals surface area contributed by atoms with Gasteiger partial charge in [-0.2, -0.15) is 0 Å². The Morgan fingerprint density at radius 3 is 2.48 bits per heavy atom. The summed E-state index contributed by atoms with van der Waals surface area (Å²) in [5.41, 5.74) is 0.684. The summed E-state index contributed by atoms with van der Waals surface area (Å²) in [5.74, 6) is -1.35. The highest BCUT2D eigenvalue weighted by Crippen LogP contribution is 2.34. The number of fused-ring (bicyclic) bond motifs is 1. The third-order valence-corrected chi connectivity index (χ3v) is 3.65. The van der Waals surface area contributed by atoms with E-state index in [1.54, 1.807) is 33.8 Å². The van der Waals surface area contributed by atoms with Gasteiger partial charge in [0.05, 0.1) is 18.7 Å². The largest absolute Gasteiger partial charge is 0.507 e. The number of carbonyl (C=O) groups is 3. The number of phenolic OH excluding ortho intramolecular Hbond substituents is 1. The molecule has 25 heavy (non-hydrogen) atoms. The predicted octanol–water partition coefficient (Wildman–Crippen LogP) is 2.78. The summed E-state index contributed by atoms with van der Waals surface area (Å²) >= 11 is 0. The van der Waals surface area contributed by atoms with Crippen molar-refractivity contribution in [2.75, 3.05) is 6.61 Å². The van der Waals surface area contributed by atoms with Crippen molar-refractivity contribution in [2.45, 2.75) is 52.8 Å². The number of phenols is 1. The number of esters is 1. The molecule has 0 unspecified atom stereocenters. The summed E-state index contributed by atoms with van der Waals surface area (Å²) in [4.78, 5) is 37.3. The Morgan fingerprint density at radius 1 is 1.20 bits per heavy atom. The fraction of sp³-hybridized carbons (Fsp3) is 0.500. The maximum Gasteiger partial charge on any atom is 0.410 e. The second kappa shape index (κ2) is 7.13. The van der Waals surface area contributed by atoms with Crippen molar-refractivity contribution in [3.8, 4) is 5.75 Å². The fourth-order valence-corrected chi connectivity index (χ4v) is 2.57. The van der Waals surface area contributed by atoms with E-state index in [0.29, 0.717) is 12.1 Å². The van der Waals surface area contributed by atoms with Gasteiger partial charge in [-0.1, -0.05) is 6.07 Å². The molecule has 0 aliphatic carbocycles. The van der Waals surface area contributed by atoms with Crippen LogP contribution >= 0.6 is 0 Å². The van der Waals surface area contributed by atoms with E-state index in [0.717, 1.165) is 5.56 Å². The Hall–Kier alpha value is -2.57. The van der Waals surface area contributed by atoms with E-state index in [1.807, 2.05) is 0 Å². The van der Waals surface area contributed by atoms with Crippen molar-refractivity contribution in [1.82, 2.24) is 4.90 Å². The van der Waals surface area contributed by atoms with Crippen LogP contribution in [0.2, 0.25) is 0 Å². The second-order valence-electron chi connectivity index (χ2n) is 6.84. The molecule has 0 fully saturated rings. The van der Waals surface area contributed by atoms with Crippen molar-refractivity contribution in [1.29, 1.82) is 0 Å². The lowest BCUT2D eigenvalue weighted by molar-refractivity contribution is -0.141. The smallest absolute Gasteiger partial charge is 0.410 e. The van der Waals surface area contributed by atoms with E-state index in [4.69, 9.17) is 9.47 Å².